The molecule has 5 nitrogen and oxygen atoms in total. The molecule has 0 aliphatic heterocycles. The maximum Gasteiger partial charge on any atom is 0.356 e. The van der Waals surface area contributed by atoms with Crippen LogP contribution in [0.15, 0.2) is 45.2 Å². The molecule has 0 radical (unpaired) electrons. The average Bonchev–Trinajstić information content (AvgIpc) is 2.33. The monoisotopic (exact) mass is 311 g/mol. The van der Waals surface area contributed by atoms with Crippen molar-refractivity contribution in [2.45, 2.75) is 10.1 Å². The lowest BCUT2D eigenvalue weighted by molar-refractivity contribution is 0.0689. The first-order valence-corrected chi connectivity index (χ1v) is 6.11. The van der Waals surface area contributed by atoms with Gasteiger partial charge in [0.1, 0.15) is 10.1 Å². The fraction of sp³-hybridized carbons (Fsp3) is 0. The van der Waals surface area contributed by atoms with Gasteiger partial charge in [0.15, 0.2) is 5.69 Å². The molecule has 86 valence electrons. The zero-order valence-corrected chi connectivity index (χ0v) is 10.8. The minimum atomic E-state index is -1.09. The Balaban J connectivity index is 2.20. The van der Waals surface area contributed by atoms with E-state index < -0.39 is 5.97 Å². The van der Waals surface area contributed by atoms with Crippen LogP contribution in [0.4, 0.5) is 0 Å². The van der Waals surface area contributed by atoms with E-state index >= 15 is 0 Å². The molecule has 0 atom stereocenters. The van der Waals surface area contributed by atoms with Crippen LogP contribution in [0.1, 0.15) is 10.5 Å². The fourth-order valence-corrected chi connectivity index (χ4v) is 2.21. The first kappa shape index (κ1) is 12.0. The smallest absolute Gasteiger partial charge is 0.356 e. The summed E-state index contributed by atoms with van der Waals surface area (Å²) in [5, 5.41) is 10.0. The second-order valence-electron chi connectivity index (χ2n) is 2.94. The lowest BCUT2D eigenvalue weighted by Crippen LogP contribution is -2.00. The molecule has 2 aromatic rings. The van der Waals surface area contributed by atoms with Crippen LogP contribution in [0.2, 0.25) is 0 Å². The van der Waals surface area contributed by atoms with Gasteiger partial charge in [-0.25, -0.2) is 19.7 Å². The maximum atomic E-state index is 10.6. The minimum Gasteiger partial charge on any atom is -0.476 e. The highest BCUT2D eigenvalue weighted by Crippen LogP contribution is 2.29. The molecule has 2 rings (SSSR count). The van der Waals surface area contributed by atoms with Gasteiger partial charge >= 0.3 is 5.97 Å². The topological polar surface area (TPSA) is 76.0 Å². The Labute approximate surface area is 109 Å². The lowest BCUT2D eigenvalue weighted by Gasteiger charge is -2.01. The van der Waals surface area contributed by atoms with Gasteiger partial charge in [-0.3, -0.25) is 0 Å². The number of carboxylic acid groups (broad SMARTS) is 1. The van der Waals surface area contributed by atoms with Gasteiger partial charge < -0.3 is 5.11 Å². The summed E-state index contributed by atoms with van der Waals surface area (Å²) in [7, 11) is 0. The standard InChI is InChI=1S/C10H6BrN3O2S/c11-6-2-1-3-12-9(6)17-8-5-13-7(4-14-8)10(15)16/h1-5H,(H,15,16). The second kappa shape index (κ2) is 5.24. The normalized spacial score (nSPS) is 10.2. The maximum absolute atomic E-state index is 10.6. The van der Waals surface area contributed by atoms with Gasteiger partial charge in [0, 0.05) is 6.20 Å². The van der Waals surface area contributed by atoms with Gasteiger partial charge in [-0.05, 0) is 39.8 Å². The van der Waals surface area contributed by atoms with E-state index in [0.29, 0.717) is 5.03 Å². The summed E-state index contributed by atoms with van der Waals surface area (Å²) >= 11 is 4.68. The van der Waals surface area contributed by atoms with E-state index in [0.717, 1.165) is 9.50 Å². The molecule has 0 saturated carbocycles. The van der Waals surface area contributed by atoms with Gasteiger partial charge in [-0.15, -0.1) is 0 Å². The first-order valence-electron chi connectivity index (χ1n) is 4.50. The van der Waals surface area contributed by atoms with E-state index in [1.807, 2.05) is 12.1 Å². The van der Waals surface area contributed by atoms with E-state index in [-0.39, 0.29) is 5.69 Å². The van der Waals surface area contributed by atoms with E-state index in [1.54, 1.807) is 6.20 Å². The van der Waals surface area contributed by atoms with E-state index in [1.165, 1.54) is 24.2 Å². The summed E-state index contributed by atoms with van der Waals surface area (Å²) in [6.45, 7) is 0. The zero-order valence-electron chi connectivity index (χ0n) is 8.37. The fourth-order valence-electron chi connectivity index (χ4n) is 1.02. The van der Waals surface area contributed by atoms with Crippen LogP contribution in [-0.2, 0) is 0 Å². The van der Waals surface area contributed by atoms with Crippen molar-refractivity contribution >= 4 is 33.7 Å². The van der Waals surface area contributed by atoms with Crippen LogP contribution in [0.25, 0.3) is 0 Å². The summed E-state index contributed by atoms with van der Waals surface area (Å²) in [5.41, 5.74) is -0.0746. The van der Waals surface area contributed by atoms with Crippen LogP contribution in [0, 0.1) is 0 Å². The van der Waals surface area contributed by atoms with E-state index in [9.17, 15) is 4.79 Å². The van der Waals surface area contributed by atoms with Crippen LogP contribution < -0.4 is 0 Å². The first-order chi connectivity index (χ1) is 8.16. The second-order valence-corrected chi connectivity index (χ2v) is 4.80. The quantitative estimate of drug-likeness (QED) is 0.938. The van der Waals surface area contributed by atoms with Crippen molar-refractivity contribution in [3.63, 3.8) is 0 Å². The predicted octanol–water partition coefficient (Wildman–Crippen LogP) is 2.48. The average molecular weight is 312 g/mol. The minimum absolute atomic E-state index is 0.0746. The van der Waals surface area contributed by atoms with Crippen molar-refractivity contribution < 1.29 is 9.90 Å². The Morgan fingerprint density at radius 2 is 2.12 bits per heavy atom. The Hall–Kier alpha value is -1.47. The molecule has 0 aliphatic carbocycles. The third-order valence-corrected chi connectivity index (χ3v) is 3.61. The Kier molecular flexibility index (Phi) is 3.70. The van der Waals surface area contributed by atoms with Gasteiger partial charge in [0.2, 0.25) is 0 Å². The van der Waals surface area contributed by atoms with Crippen molar-refractivity contribution in [1.82, 2.24) is 15.0 Å². The molecular formula is C10H6BrN3O2S. The molecule has 0 fully saturated rings. The SMILES string of the molecule is O=C(O)c1cnc(Sc2ncccc2Br)cn1. The van der Waals surface area contributed by atoms with Crippen molar-refractivity contribution in [2.24, 2.45) is 0 Å². The molecule has 0 saturated heterocycles. The Bertz CT molecular complexity index is 548. The molecule has 17 heavy (non-hydrogen) atoms. The molecule has 1 N–H and O–H groups in total. The van der Waals surface area contributed by atoms with Crippen molar-refractivity contribution in [2.75, 3.05) is 0 Å². The predicted molar refractivity (Wildman–Crippen MR) is 65.1 cm³/mol. The highest BCUT2D eigenvalue weighted by Gasteiger charge is 2.07. The highest BCUT2D eigenvalue weighted by molar-refractivity contribution is 9.10. The number of pyridine rings is 1. The number of rotatable bonds is 3. The van der Waals surface area contributed by atoms with Crippen molar-refractivity contribution in [1.29, 1.82) is 0 Å². The van der Waals surface area contributed by atoms with Crippen LogP contribution in [0.5, 0.6) is 0 Å². The number of halogens is 1. The molecule has 2 heterocycles. The van der Waals surface area contributed by atoms with Crippen molar-refractivity contribution in [3.05, 3.63) is 40.9 Å². The van der Waals surface area contributed by atoms with Gasteiger partial charge in [-0.1, -0.05) is 0 Å². The molecule has 0 spiro atoms. The molecule has 2 aromatic heterocycles. The molecule has 0 aromatic carbocycles. The third kappa shape index (κ3) is 3.01. The number of carboxylic acids is 1. The third-order valence-electron chi connectivity index (χ3n) is 1.77. The molecule has 0 aliphatic rings. The number of nitrogens with zero attached hydrogens (tertiary/aromatic N) is 3. The van der Waals surface area contributed by atoms with Gasteiger partial charge in [0.25, 0.3) is 0 Å². The molecule has 0 unspecified atom stereocenters. The highest BCUT2D eigenvalue weighted by atomic mass is 79.9. The summed E-state index contributed by atoms with van der Waals surface area (Å²) in [5.74, 6) is -1.09. The molecule has 7 heteroatoms. The van der Waals surface area contributed by atoms with Gasteiger partial charge in [0.05, 0.1) is 16.9 Å². The zero-order chi connectivity index (χ0) is 12.3. The summed E-state index contributed by atoms with van der Waals surface area (Å²) in [6.07, 6.45) is 4.31. The van der Waals surface area contributed by atoms with Crippen LogP contribution in [0.3, 0.4) is 0 Å². The Morgan fingerprint density at radius 3 is 2.71 bits per heavy atom. The van der Waals surface area contributed by atoms with Crippen LogP contribution >= 0.6 is 27.7 Å². The number of hydrogen-bond donors (Lipinski definition) is 1. The number of hydrogen-bond acceptors (Lipinski definition) is 5. The summed E-state index contributed by atoms with van der Waals surface area (Å²) < 4.78 is 0.856. The van der Waals surface area contributed by atoms with Crippen LogP contribution in [-0.4, -0.2) is 26.0 Å². The van der Waals surface area contributed by atoms with Crippen molar-refractivity contribution in [3.8, 4) is 0 Å². The summed E-state index contributed by atoms with van der Waals surface area (Å²) in [6, 6.07) is 3.68. The van der Waals surface area contributed by atoms with E-state index in [4.69, 9.17) is 5.11 Å². The number of aromatic nitrogens is 3. The molecule has 0 bridgehead atoms. The largest absolute Gasteiger partial charge is 0.476 e. The molecule has 0 amide bonds. The number of carbonyl (C=O) groups is 1. The summed E-state index contributed by atoms with van der Waals surface area (Å²) in [4.78, 5) is 22.5. The molecular weight excluding hydrogens is 306 g/mol. The van der Waals surface area contributed by atoms with E-state index in [2.05, 4.69) is 30.9 Å². The van der Waals surface area contributed by atoms with Gasteiger partial charge in [-0.2, -0.15) is 0 Å². The lowest BCUT2D eigenvalue weighted by atomic mass is 10.5. The number of aromatic carboxylic acids is 1. The Morgan fingerprint density at radius 1 is 1.29 bits per heavy atom.